The number of benzene rings is 1. The fraction of sp³-hybridized carbons (Fsp3) is 0.375. The number of aryl methyl sites for hydroxylation is 1. The molecule has 5 nitrogen and oxygen atoms in total. The molecule has 0 aliphatic heterocycles. The summed E-state index contributed by atoms with van der Waals surface area (Å²) in [5, 5.41) is 3.98. The number of halogens is 1. The molecule has 22 heavy (non-hydrogen) atoms. The predicted molar refractivity (Wildman–Crippen MR) is 91.2 cm³/mol. The van der Waals surface area contributed by atoms with Crippen molar-refractivity contribution >= 4 is 29.2 Å². The number of amides is 1. The zero-order chi connectivity index (χ0) is 15.4. The first-order valence-corrected chi connectivity index (χ1v) is 6.92. The Morgan fingerprint density at radius 1 is 1.36 bits per heavy atom. The summed E-state index contributed by atoms with van der Waals surface area (Å²) in [7, 11) is 5.30. The zero-order valence-electron chi connectivity index (χ0n) is 13.3. The van der Waals surface area contributed by atoms with E-state index in [4.69, 9.17) is 4.74 Å². The minimum Gasteiger partial charge on any atom is -0.497 e. The number of ether oxygens (including phenoxy) is 1. The van der Waals surface area contributed by atoms with Gasteiger partial charge >= 0.3 is 0 Å². The van der Waals surface area contributed by atoms with Crippen LogP contribution >= 0.6 is 12.4 Å². The second-order valence-corrected chi connectivity index (χ2v) is 5.01. The molecule has 1 aromatic heterocycles. The van der Waals surface area contributed by atoms with Crippen molar-refractivity contribution in [1.82, 2.24) is 15.2 Å². The van der Waals surface area contributed by atoms with Crippen LogP contribution in [-0.4, -0.2) is 50.1 Å². The van der Waals surface area contributed by atoms with Gasteiger partial charge in [0.15, 0.2) is 0 Å². The van der Waals surface area contributed by atoms with Crippen molar-refractivity contribution in [1.29, 1.82) is 0 Å². The molecule has 0 aliphatic rings. The van der Waals surface area contributed by atoms with Crippen LogP contribution in [0.25, 0.3) is 10.9 Å². The third-order valence-electron chi connectivity index (χ3n) is 3.49. The first-order valence-electron chi connectivity index (χ1n) is 6.92. The van der Waals surface area contributed by atoms with E-state index in [1.807, 2.05) is 38.2 Å². The maximum atomic E-state index is 12.5. The first-order chi connectivity index (χ1) is 10.1. The van der Waals surface area contributed by atoms with Crippen LogP contribution in [0.5, 0.6) is 5.75 Å². The van der Waals surface area contributed by atoms with Gasteiger partial charge in [-0.25, -0.2) is 0 Å². The zero-order valence-corrected chi connectivity index (χ0v) is 14.2. The summed E-state index contributed by atoms with van der Waals surface area (Å²) >= 11 is 0. The van der Waals surface area contributed by atoms with Crippen molar-refractivity contribution in [2.45, 2.75) is 6.92 Å². The lowest BCUT2D eigenvalue weighted by Crippen LogP contribution is -2.33. The van der Waals surface area contributed by atoms with Gasteiger partial charge in [0.25, 0.3) is 5.91 Å². The number of nitrogens with zero attached hydrogens (tertiary/aromatic N) is 2. The molecule has 120 valence electrons. The molecule has 0 radical (unpaired) electrons. The van der Waals surface area contributed by atoms with Crippen LogP contribution in [-0.2, 0) is 0 Å². The van der Waals surface area contributed by atoms with Crippen molar-refractivity contribution in [3.05, 3.63) is 35.5 Å². The summed E-state index contributed by atoms with van der Waals surface area (Å²) in [4.78, 5) is 18.7. The molecular weight excluding hydrogens is 302 g/mol. The van der Waals surface area contributed by atoms with Gasteiger partial charge in [0, 0.05) is 31.6 Å². The van der Waals surface area contributed by atoms with Gasteiger partial charge < -0.3 is 15.0 Å². The smallest absolute Gasteiger partial charge is 0.255 e. The number of hydrogen-bond donors (Lipinski definition) is 1. The van der Waals surface area contributed by atoms with E-state index in [1.54, 1.807) is 19.1 Å². The lowest BCUT2D eigenvalue weighted by Gasteiger charge is -2.18. The van der Waals surface area contributed by atoms with E-state index >= 15 is 0 Å². The molecule has 0 aliphatic carbocycles. The van der Waals surface area contributed by atoms with Crippen molar-refractivity contribution in [2.24, 2.45) is 0 Å². The highest BCUT2D eigenvalue weighted by molar-refractivity contribution is 5.98. The lowest BCUT2D eigenvalue weighted by atomic mass is 10.1. The predicted octanol–water partition coefficient (Wildman–Crippen LogP) is 2.27. The Kier molecular flexibility index (Phi) is 6.59. The van der Waals surface area contributed by atoms with Crippen LogP contribution in [0.4, 0.5) is 0 Å². The SMILES string of the molecule is CNCCN(C)C(=O)c1cc2ccc(OC)cc2nc1C.Cl. The number of carbonyl (C=O) groups excluding carboxylic acids is 1. The molecule has 1 N–H and O–H groups in total. The maximum absolute atomic E-state index is 12.5. The molecule has 1 heterocycles. The molecule has 1 amide bonds. The number of aromatic nitrogens is 1. The normalized spacial score (nSPS) is 10.2. The van der Waals surface area contributed by atoms with E-state index in [2.05, 4.69) is 10.3 Å². The Labute approximate surface area is 137 Å². The van der Waals surface area contributed by atoms with E-state index in [9.17, 15) is 4.79 Å². The number of rotatable bonds is 5. The summed E-state index contributed by atoms with van der Waals surface area (Å²) in [5.74, 6) is 0.757. The summed E-state index contributed by atoms with van der Waals surface area (Å²) < 4.78 is 5.20. The minimum atomic E-state index is -0.00651. The largest absolute Gasteiger partial charge is 0.497 e. The molecule has 0 bridgehead atoms. The molecule has 0 unspecified atom stereocenters. The molecule has 0 saturated heterocycles. The van der Waals surface area contributed by atoms with E-state index in [-0.39, 0.29) is 18.3 Å². The van der Waals surface area contributed by atoms with Crippen molar-refractivity contribution < 1.29 is 9.53 Å². The number of nitrogens with one attached hydrogen (secondary N) is 1. The summed E-state index contributed by atoms with van der Waals surface area (Å²) in [6.45, 7) is 3.28. The lowest BCUT2D eigenvalue weighted by molar-refractivity contribution is 0.0796. The second-order valence-electron chi connectivity index (χ2n) is 5.01. The minimum absolute atomic E-state index is 0. The van der Waals surface area contributed by atoms with Gasteiger partial charge in [-0.15, -0.1) is 12.4 Å². The Morgan fingerprint density at radius 3 is 2.73 bits per heavy atom. The van der Waals surface area contributed by atoms with Crippen LogP contribution in [0.3, 0.4) is 0 Å². The highest BCUT2D eigenvalue weighted by Gasteiger charge is 2.15. The highest BCUT2D eigenvalue weighted by Crippen LogP contribution is 2.22. The van der Waals surface area contributed by atoms with Gasteiger partial charge in [0.1, 0.15) is 5.75 Å². The van der Waals surface area contributed by atoms with Crippen LogP contribution in [0.2, 0.25) is 0 Å². The molecule has 0 atom stereocenters. The second kappa shape index (κ2) is 7.96. The monoisotopic (exact) mass is 323 g/mol. The van der Waals surface area contributed by atoms with Crippen LogP contribution in [0.1, 0.15) is 16.1 Å². The van der Waals surface area contributed by atoms with Gasteiger partial charge in [-0.3, -0.25) is 9.78 Å². The fourth-order valence-electron chi connectivity index (χ4n) is 2.17. The summed E-state index contributed by atoms with van der Waals surface area (Å²) in [6.07, 6.45) is 0. The van der Waals surface area contributed by atoms with Gasteiger partial charge in [-0.05, 0) is 32.2 Å². The van der Waals surface area contributed by atoms with E-state index in [0.717, 1.165) is 28.9 Å². The van der Waals surface area contributed by atoms with E-state index in [0.29, 0.717) is 12.1 Å². The highest BCUT2D eigenvalue weighted by atomic mass is 35.5. The molecular formula is C16H22ClN3O2. The number of fused-ring (bicyclic) bond motifs is 1. The first kappa shape index (κ1) is 18.2. The van der Waals surface area contributed by atoms with Gasteiger partial charge in [-0.1, -0.05) is 0 Å². The third kappa shape index (κ3) is 3.87. The summed E-state index contributed by atoms with van der Waals surface area (Å²) in [6, 6.07) is 7.57. The number of carbonyl (C=O) groups is 1. The van der Waals surface area contributed by atoms with Gasteiger partial charge in [-0.2, -0.15) is 0 Å². The van der Waals surface area contributed by atoms with Crippen molar-refractivity contribution in [3.63, 3.8) is 0 Å². The molecule has 0 fully saturated rings. The standard InChI is InChI=1S/C16H21N3O2.ClH/c1-11-14(16(20)19(3)8-7-17-2)9-12-5-6-13(21-4)10-15(12)18-11;/h5-6,9-10,17H,7-8H2,1-4H3;1H. The molecule has 2 aromatic rings. The number of hydrogen-bond acceptors (Lipinski definition) is 4. The van der Waals surface area contributed by atoms with Crippen molar-refractivity contribution in [2.75, 3.05) is 34.3 Å². The molecule has 2 rings (SSSR count). The Hall–Kier alpha value is -1.85. The van der Waals surface area contributed by atoms with Crippen LogP contribution in [0, 0.1) is 6.92 Å². The number of likely N-dealkylation sites (N-methyl/N-ethyl adjacent to an activating group) is 2. The van der Waals surface area contributed by atoms with E-state index in [1.165, 1.54) is 0 Å². The fourth-order valence-corrected chi connectivity index (χ4v) is 2.17. The molecule has 0 saturated carbocycles. The molecule has 0 spiro atoms. The van der Waals surface area contributed by atoms with Crippen molar-refractivity contribution in [3.8, 4) is 5.75 Å². The maximum Gasteiger partial charge on any atom is 0.255 e. The van der Waals surface area contributed by atoms with Gasteiger partial charge in [0.2, 0.25) is 0 Å². The Bertz CT molecular complexity index is 661. The van der Waals surface area contributed by atoms with E-state index < -0.39 is 0 Å². The molecule has 6 heteroatoms. The van der Waals surface area contributed by atoms with Crippen LogP contribution < -0.4 is 10.1 Å². The van der Waals surface area contributed by atoms with Gasteiger partial charge in [0.05, 0.1) is 23.9 Å². The van der Waals surface area contributed by atoms with Crippen LogP contribution in [0.15, 0.2) is 24.3 Å². The Morgan fingerprint density at radius 2 is 2.09 bits per heavy atom. The quantitative estimate of drug-likeness (QED) is 0.917. The molecule has 1 aromatic carbocycles. The number of methoxy groups -OCH3 is 1. The Balaban J connectivity index is 0.00000242. The number of pyridine rings is 1. The summed E-state index contributed by atoms with van der Waals surface area (Å²) in [5.41, 5.74) is 2.21. The average Bonchev–Trinajstić information content (AvgIpc) is 2.50. The average molecular weight is 324 g/mol. The topological polar surface area (TPSA) is 54.5 Å². The third-order valence-corrected chi connectivity index (χ3v) is 3.49.